The minimum atomic E-state index is -0.306. The van der Waals surface area contributed by atoms with Crippen molar-refractivity contribution < 1.29 is 4.48 Å². The predicted octanol–water partition coefficient (Wildman–Crippen LogP) is 1.27. The van der Waals surface area contributed by atoms with Gasteiger partial charge in [-0.2, -0.15) is 0 Å². The van der Waals surface area contributed by atoms with Crippen molar-refractivity contribution in [3.63, 3.8) is 0 Å². The van der Waals surface area contributed by atoms with Crippen molar-refractivity contribution in [2.75, 3.05) is 0 Å². The molecule has 0 aromatic heterocycles. The van der Waals surface area contributed by atoms with Crippen LogP contribution in [-0.4, -0.2) is 11.2 Å². The van der Waals surface area contributed by atoms with E-state index in [1.807, 2.05) is 26.0 Å². The Morgan fingerprint density at radius 3 is 2.60 bits per heavy atom. The van der Waals surface area contributed by atoms with Crippen LogP contribution in [0.25, 0.3) is 0 Å². The molecule has 0 saturated heterocycles. The molecule has 0 aliphatic heterocycles. The van der Waals surface area contributed by atoms with Crippen LogP contribution in [0, 0.1) is 13.8 Å². The largest absolute Gasteiger partial charge is 0.382 e. The number of nitrogens with two attached hydrogens (primary N) is 2. The molecule has 0 fully saturated rings. The summed E-state index contributed by atoms with van der Waals surface area (Å²) in [6, 6.07) is 3.69. The number of hydrazone groups is 1. The van der Waals surface area contributed by atoms with E-state index in [4.69, 9.17) is 11.6 Å². The van der Waals surface area contributed by atoms with Crippen LogP contribution in [0.15, 0.2) is 22.1 Å². The Balaban J connectivity index is 3.30. The molecule has 0 aliphatic carbocycles. The first kappa shape index (κ1) is 11.8. The van der Waals surface area contributed by atoms with Crippen molar-refractivity contribution in [2.45, 2.75) is 18.7 Å². The van der Waals surface area contributed by atoms with Gasteiger partial charge in [-0.05, 0) is 31.0 Å². The lowest BCUT2D eigenvalue weighted by molar-refractivity contribution is 0.0285. The minimum Gasteiger partial charge on any atom is -0.382 e. The molecule has 0 spiro atoms. The molecule has 1 rings (SSSR count). The molecular formula is C9H13FN4S. The number of amidine groups is 1. The summed E-state index contributed by atoms with van der Waals surface area (Å²) in [6.07, 6.45) is 0. The van der Waals surface area contributed by atoms with Crippen LogP contribution in [0.2, 0.25) is 0 Å². The molecule has 15 heavy (non-hydrogen) atoms. The summed E-state index contributed by atoms with van der Waals surface area (Å²) in [5.41, 5.74) is 8.03. The number of halogens is 1. The van der Waals surface area contributed by atoms with Crippen LogP contribution in [0.4, 0.5) is 4.48 Å². The summed E-state index contributed by atoms with van der Waals surface area (Å²) in [5, 5.41) is 3.01. The van der Waals surface area contributed by atoms with Crippen molar-refractivity contribution >= 4 is 18.5 Å². The first-order valence-electron chi connectivity index (χ1n) is 4.27. The monoisotopic (exact) mass is 228 g/mol. The SMILES string of the molecule is Cc1ccc(S)c(C)c1/C(N)=N/N(N)F. The van der Waals surface area contributed by atoms with Crippen LogP contribution >= 0.6 is 12.6 Å². The third-order valence-electron chi connectivity index (χ3n) is 2.10. The second-order valence-corrected chi connectivity index (χ2v) is 3.66. The molecule has 1 aromatic carbocycles. The van der Waals surface area contributed by atoms with E-state index in [0.717, 1.165) is 16.0 Å². The Hall–Kier alpha value is -1.27. The van der Waals surface area contributed by atoms with E-state index in [2.05, 4.69) is 17.7 Å². The number of benzene rings is 1. The summed E-state index contributed by atoms with van der Waals surface area (Å²) in [5.74, 6) is 4.78. The zero-order valence-corrected chi connectivity index (χ0v) is 9.42. The highest BCUT2D eigenvalue weighted by Gasteiger charge is 2.10. The molecule has 0 atom stereocenters. The molecule has 0 radical (unpaired) electrons. The highest BCUT2D eigenvalue weighted by Crippen LogP contribution is 2.20. The number of thiol groups is 1. The normalized spacial score (nSPS) is 11.7. The van der Waals surface area contributed by atoms with Gasteiger partial charge in [-0.15, -0.1) is 17.7 Å². The van der Waals surface area contributed by atoms with E-state index < -0.39 is 0 Å². The smallest absolute Gasteiger partial charge is 0.155 e. The third-order valence-corrected chi connectivity index (χ3v) is 2.59. The van der Waals surface area contributed by atoms with Crippen LogP contribution in [0.5, 0.6) is 0 Å². The van der Waals surface area contributed by atoms with Crippen LogP contribution < -0.4 is 11.6 Å². The lowest BCUT2D eigenvalue weighted by Gasteiger charge is -2.11. The number of rotatable bonds is 2. The maximum atomic E-state index is 12.3. The lowest BCUT2D eigenvalue weighted by Crippen LogP contribution is -2.24. The molecule has 6 heteroatoms. The zero-order chi connectivity index (χ0) is 11.6. The fourth-order valence-electron chi connectivity index (χ4n) is 1.38. The maximum Gasteiger partial charge on any atom is 0.155 e. The Morgan fingerprint density at radius 1 is 1.47 bits per heavy atom. The Bertz CT molecular complexity index is 403. The second-order valence-electron chi connectivity index (χ2n) is 3.18. The van der Waals surface area contributed by atoms with Gasteiger partial charge >= 0.3 is 0 Å². The average Bonchev–Trinajstić information content (AvgIpc) is 2.11. The van der Waals surface area contributed by atoms with Gasteiger partial charge in [-0.3, -0.25) is 0 Å². The maximum absolute atomic E-state index is 12.3. The summed E-state index contributed by atoms with van der Waals surface area (Å²) < 4.78 is 12.3. The van der Waals surface area contributed by atoms with Crippen molar-refractivity contribution in [1.29, 1.82) is 0 Å². The molecule has 0 bridgehead atoms. The van der Waals surface area contributed by atoms with Gasteiger partial charge in [0.1, 0.15) is 0 Å². The third kappa shape index (κ3) is 2.60. The van der Waals surface area contributed by atoms with E-state index >= 15 is 0 Å². The summed E-state index contributed by atoms with van der Waals surface area (Å²) in [6.45, 7) is 3.70. The van der Waals surface area contributed by atoms with Crippen LogP contribution in [-0.2, 0) is 0 Å². The van der Waals surface area contributed by atoms with Gasteiger partial charge in [-0.1, -0.05) is 15.9 Å². The van der Waals surface area contributed by atoms with Gasteiger partial charge < -0.3 is 5.73 Å². The van der Waals surface area contributed by atoms with Crippen molar-refractivity contribution in [2.24, 2.45) is 16.7 Å². The van der Waals surface area contributed by atoms with Crippen molar-refractivity contribution in [1.82, 2.24) is 5.34 Å². The Kier molecular flexibility index (Phi) is 3.54. The molecular weight excluding hydrogens is 215 g/mol. The molecule has 0 aliphatic rings. The van der Waals surface area contributed by atoms with Crippen LogP contribution in [0.3, 0.4) is 0 Å². The minimum absolute atomic E-state index is 0.0332. The highest BCUT2D eigenvalue weighted by molar-refractivity contribution is 7.80. The van der Waals surface area contributed by atoms with Gasteiger partial charge in [0.05, 0.1) is 0 Å². The van der Waals surface area contributed by atoms with Gasteiger partial charge in [0.15, 0.2) is 5.84 Å². The first-order valence-corrected chi connectivity index (χ1v) is 4.72. The van der Waals surface area contributed by atoms with Crippen molar-refractivity contribution in [3.8, 4) is 0 Å². The fourth-order valence-corrected chi connectivity index (χ4v) is 1.57. The second kappa shape index (κ2) is 4.50. The molecule has 0 unspecified atom stereocenters. The van der Waals surface area contributed by atoms with E-state index in [-0.39, 0.29) is 11.2 Å². The molecule has 4 N–H and O–H groups in total. The number of hydrazine groups is 1. The topological polar surface area (TPSA) is 67.6 Å². The molecule has 0 saturated carbocycles. The lowest BCUT2D eigenvalue weighted by atomic mass is 10.0. The standard InChI is InChI=1S/C9H13FN4S/c1-5-3-4-7(15)6(2)8(5)9(11)13-14(10)12/h3-4,15H,12H2,1-2H3,(H2,11,13). The summed E-state index contributed by atoms with van der Waals surface area (Å²) in [7, 11) is 0. The molecule has 82 valence electrons. The van der Waals surface area contributed by atoms with E-state index in [0.29, 0.717) is 5.56 Å². The highest BCUT2D eigenvalue weighted by atomic mass is 32.1. The average molecular weight is 228 g/mol. The molecule has 1 aromatic rings. The zero-order valence-electron chi connectivity index (χ0n) is 8.53. The summed E-state index contributed by atoms with van der Waals surface area (Å²) in [4.78, 5) is 0.774. The van der Waals surface area contributed by atoms with Crippen molar-refractivity contribution in [3.05, 3.63) is 28.8 Å². The fraction of sp³-hybridized carbons (Fsp3) is 0.222. The quantitative estimate of drug-likeness (QED) is 0.178. The number of aryl methyl sites for hydroxylation is 1. The van der Waals surface area contributed by atoms with Gasteiger partial charge in [-0.25, -0.2) is 5.84 Å². The number of hydrogen-bond acceptors (Lipinski definition) is 4. The summed E-state index contributed by atoms with van der Waals surface area (Å²) >= 11 is 4.25. The molecule has 0 amide bonds. The van der Waals surface area contributed by atoms with E-state index in [1.54, 1.807) is 0 Å². The molecule has 4 nitrogen and oxygen atoms in total. The Morgan fingerprint density at radius 2 is 2.07 bits per heavy atom. The van der Waals surface area contributed by atoms with E-state index in [9.17, 15) is 4.48 Å². The predicted molar refractivity (Wildman–Crippen MR) is 61.0 cm³/mol. The first-order chi connectivity index (χ1) is 6.93. The molecule has 0 heterocycles. The number of nitrogens with zero attached hydrogens (tertiary/aromatic N) is 2. The van der Waals surface area contributed by atoms with Crippen LogP contribution in [0.1, 0.15) is 16.7 Å². The number of hydrogen-bond donors (Lipinski definition) is 3. The van der Waals surface area contributed by atoms with Gasteiger partial charge in [0.2, 0.25) is 0 Å². The Labute approximate surface area is 93.1 Å². The van der Waals surface area contributed by atoms with E-state index in [1.165, 1.54) is 0 Å². The van der Waals surface area contributed by atoms with Gasteiger partial charge in [0, 0.05) is 10.5 Å². The van der Waals surface area contributed by atoms with Gasteiger partial charge in [0.25, 0.3) is 0 Å².